The minimum atomic E-state index is 0.767. The molecule has 0 radical (unpaired) electrons. The van der Waals surface area contributed by atoms with Gasteiger partial charge in [-0.05, 0) is 50.8 Å². The zero-order valence-electron chi connectivity index (χ0n) is 9.58. The number of rotatable bonds is 3. The van der Waals surface area contributed by atoms with Crippen LogP contribution in [-0.4, -0.2) is 23.1 Å². The van der Waals surface area contributed by atoms with Gasteiger partial charge in [-0.1, -0.05) is 6.92 Å². The van der Waals surface area contributed by atoms with Crippen molar-refractivity contribution in [2.45, 2.75) is 33.1 Å². The van der Waals surface area contributed by atoms with Gasteiger partial charge in [-0.15, -0.1) is 0 Å². The molecule has 15 heavy (non-hydrogen) atoms. The van der Waals surface area contributed by atoms with Gasteiger partial charge < -0.3 is 5.32 Å². The normalized spacial score (nSPS) is 20.8. The molecule has 0 amide bonds. The molecule has 2 rings (SSSR count). The highest BCUT2D eigenvalue weighted by molar-refractivity contribution is 5.23. The first-order valence-electron chi connectivity index (χ1n) is 5.81. The largest absolute Gasteiger partial charge is 0.316 e. The summed E-state index contributed by atoms with van der Waals surface area (Å²) >= 11 is 0. The predicted molar refractivity (Wildman–Crippen MR) is 60.8 cm³/mol. The van der Waals surface area contributed by atoms with Gasteiger partial charge in [-0.2, -0.15) is 0 Å². The quantitative estimate of drug-likeness (QED) is 0.812. The van der Waals surface area contributed by atoms with Crippen molar-refractivity contribution in [3.63, 3.8) is 0 Å². The van der Waals surface area contributed by atoms with Crippen molar-refractivity contribution in [1.29, 1.82) is 0 Å². The average molecular weight is 205 g/mol. The molecule has 1 unspecified atom stereocenters. The van der Waals surface area contributed by atoms with Gasteiger partial charge in [0.25, 0.3) is 0 Å². The third kappa shape index (κ3) is 2.34. The molecule has 3 heteroatoms. The van der Waals surface area contributed by atoms with Gasteiger partial charge in [0.1, 0.15) is 6.33 Å². The van der Waals surface area contributed by atoms with Crippen molar-refractivity contribution in [2.75, 3.05) is 13.1 Å². The molecule has 0 bridgehead atoms. The Morgan fingerprint density at radius 3 is 2.87 bits per heavy atom. The molecular weight excluding hydrogens is 186 g/mol. The standard InChI is InChI=1S/C12H19N3/c1-3-11-9(2)12(15-8-14-11)6-10-4-5-13-7-10/h8,10,13H,3-7H2,1-2H3. The van der Waals surface area contributed by atoms with Crippen molar-refractivity contribution >= 4 is 0 Å². The fourth-order valence-electron chi connectivity index (χ4n) is 2.25. The van der Waals surface area contributed by atoms with Crippen LogP contribution in [0.3, 0.4) is 0 Å². The van der Waals surface area contributed by atoms with E-state index in [-0.39, 0.29) is 0 Å². The Kier molecular flexibility index (Phi) is 3.31. The van der Waals surface area contributed by atoms with Crippen molar-refractivity contribution in [2.24, 2.45) is 5.92 Å². The summed E-state index contributed by atoms with van der Waals surface area (Å²) in [6.07, 6.45) is 5.10. The number of aromatic nitrogens is 2. The van der Waals surface area contributed by atoms with Gasteiger partial charge >= 0.3 is 0 Å². The minimum absolute atomic E-state index is 0.767. The number of aryl methyl sites for hydroxylation is 1. The van der Waals surface area contributed by atoms with E-state index < -0.39 is 0 Å². The predicted octanol–water partition coefficient (Wildman–Crippen LogP) is 1.50. The fraction of sp³-hybridized carbons (Fsp3) is 0.667. The van der Waals surface area contributed by atoms with Gasteiger partial charge in [-0.3, -0.25) is 0 Å². The molecule has 1 N–H and O–H groups in total. The number of nitrogens with zero attached hydrogens (tertiary/aromatic N) is 2. The molecule has 0 saturated carbocycles. The Labute approximate surface area is 91.3 Å². The van der Waals surface area contributed by atoms with E-state index in [0.717, 1.165) is 31.8 Å². The number of nitrogens with one attached hydrogen (secondary N) is 1. The van der Waals surface area contributed by atoms with Gasteiger partial charge in [0.05, 0.1) is 0 Å². The first-order valence-corrected chi connectivity index (χ1v) is 5.81. The van der Waals surface area contributed by atoms with E-state index in [1.807, 2.05) is 0 Å². The van der Waals surface area contributed by atoms with Crippen LogP contribution in [0, 0.1) is 12.8 Å². The summed E-state index contributed by atoms with van der Waals surface area (Å²) in [5.41, 5.74) is 3.74. The lowest BCUT2D eigenvalue weighted by Gasteiger charge is -2.11. The second-order valence-electron chi connectivity index (χ2n) is 4.31. The maximum absolute atomic E-state index is 4.41. The summed E-state index contributed by atoms with van der Waals surface area (Å²) < 4.78 is 0. The highest BCUT2D eigenvalue weighted by atomic mass is 14.9. The zero-order valence-corrected chi connectivity index (χ0v) is 9.58. The van der Waals surface area contributed by atoms with Crippen LogP contribution in [0.2, 0.25) is 0 Å². The molecule has 1 aromatic heterocycles. The summed E-state index contributed by atoms with van der Waals surface area (Å²) in [5.74, 6) is 0.767. The summed E-state index contributed by atoms with van der Waals surface area (Å²) in [5, 5.41) is 3.40. The van der Waals surface area contributed by atoms with E-state index in [1.54, 1.807) is 6.33 Å². The lowest BCUT2D eigenvalue weighted by Crippen LogP contribution is -2.13. The lowest BCUT2D eigenvalue weighted by molar-refractivity contribution is 0.567. The van der Waals surface area contributed by atoms with E-state index >= 15 is 0 Å². The molecular formula is C12H19N3. The maximum atomic E-state index is 4.41. The Balaban J connectivity index is 2.13. The zero-order chi connectivity index (χ0) is 10.7. The second-order valence-corrected chi connectivity index (χ2v) is 4.31. The third-order valence-corrected chi connectivity index (χ3v) is 3.27. The molecule has 1 aromatic rings. The smallest absolute Gasteiger partial charge is 0.115 e. The first kappa shape index (κ1) is 10.6. The van der Waals surface area contributed by atoms with Crippen LogP contribution in [0.5, 0.6) is 0 Å². The maximum Gasteiger partial charge on any atom is 0.115 e. The van der Waals surface area contributed by atoms with Crippen molar-refractivity contribution in [1.82, 2.24) is 15.3 Å². The summed E-state index contributed by atoms with van der Waals surface area (Å²) in [6, 6.07) is 0. The Morgan fingerprint density at radius 2 is 2.20 bits per heavy atom. The highest BCUT2D eigenvalue weighted by Crippen LogP contribution is 2.17. The summed E-state index contributed by atoms with van der Waals surface area (Å²) in [4.78, 5) is 8.72. The molecule has 1 aliphatic rings. The van der Waals surface area contributed by atoms with Gasteiger partial charge in [-0.25, -0.2) is 9.97 Å². The fourth-order valence-corrected chi connectivity index (χ4v) is 2.25. The van der Waals surface area contributed by atoms with E-state index in [4.69, 9.17) is 0 Å². The number of hydrogen-bond donors (Lipinski definition) is 1. The molecule has 1 atom stereocenters. The molecule has 1 aliphatic heterocycles. The van der Waals surface area contributed by atoms with Gasteiger partial charge in [0, 0.05) is 11.4 Å². The monoisotopic (exact) mass is 205 g/mol. The number of hydrogen-bond acceptors (Lipinski definition) is 3. The topological polar surface area (TPSA) is 37.8 Å². The van der Waals surface area contributed by atoms with Crippen LogP contribution in [0.25, 0.3) is 0 Å². The van der Waals surface area contributed by atoms with E-state index in [2.05, 4.69) is 29.1 Å². The molecule has 2 heterocycles. The molecule has 1 saturated heterocycles. The van der Waals surface area contributed by atoms with Crippen LogP contribution >= 0.6 is 0 Å². The van der Waals surface area contributed by atoms with Crippen molar-refractivity contribution < 1.29 is 0 Å². The Bertz CT molecular complexity index is 330. The molecule has 0 aromatic carbocycles. The Hall–Kier alpha value is -0.960. The van der Waals surface area contributed by atoms with Crippen molar-refractivity contribution in [3.05, 3.63) is 23.3 Å². The molecule has 0 spiro atoms. The third-order valence-electron chi connectivity index (χ3n) is 3.27. The molecule has 82 valence electrons. The van der Waals surface area contributed by atoms with Crippen LogP contribution in [-0.2, 0) is 12.8 Å². The van der Waals surface area contributed by atoms with Gasteiger partial charge in [0.15, 0.2) is 0 Å². The van der Waals surface area contributed by atoms with Gasteiger partial charge in [0.2, 0.25) is 0 Å². The van der Waals surface area contributed by atoms with E-state index in [0.29, 0.717) is 0 Å². The summed E-state index contributed by atoms with van der Waals surface area (Å²) in [6.45, 7) is 6.60. The van der Waals surface area contributed by atoms with E-state index in [9.17, 15) is 0 Å². The molecule has 0 aliphatic carbocycles. The SMILES string of the molecule is CCc1ncnc(CC2CCNC2)c1C. The van der Waals surface area contributed by atoms with Crippen LogP contribution in [0.4, 0.5) is 0 Å². The highest BCUT2D eigenvalue weighted by Gasteiger charge is 2.17. The van der Waals surface area contributed by atoms with Crippen LogP contribution in [0.15, 0.2) is 6.33 Å². The first-order chi connectivity index (χ1) is 7.31. The van der Waals surface area contributed by atoms with Crippen LogP contribution < -0.4 is 5.32 Å². The van der Waals surface area contributed by atoms with E-state index in [1.165, 1.54) is 23.4 Å². The lowest BCUT2D eigenvalue weighted by atomic mass is 9.99. The summed E-state index contributed by atoms with van der Waals surface area (Å²) in [7, 11) is 0. The average Bonchev–Trinajstić information content (AvgIpc) is 2.74. The minimum Gasteiger partial charge on any atom is -0.316 e. The Morgan fingerprint density at radius 1 is 1.40 bits per heavy atom. The molecule has 3 nitrogen and oxygen atoms in total. The second kappa shape index (κ2) is 4.71. The van der Waals surface area contributed by atoms with Crippen LogP contribution in [0.1, 0.15) is 30.3 Å². The molecule has 1 fully saturated rings. The van der Waals surface area contributed by atoms with Crippen molar-refractivity contribution in [3.8, 4) is 0 Å².